The number of primary sulfonamides is 1. The molecule has 4 aromatic heterocycles. The second kappa shape index (κ2) is 14.5. The van der Waals surface area contributed by atoms with Crippen molar-refractivity contribution in [2.45, 2.75) is 55.3 Å². The van der Waals surface area contributed by atoms with Crippen LogP contribution in [-0.4, -0.2) is 81.6 Å². The van der Waals surface area contributed by atoms with Crippen LogP contribution in [0.3, 0.4) is 0 Å². The zero-order valence-electron chi connectivity index (χ0n) is 25.4. The van der Waals surface area contributed by atoms with Crippen LogP contribution in [0.5, 0.6) is 6.01 Å². The molecule has 0 aliphatic heterocycles. The summed E-state index contributed by atoms with van der Waals surface area (Å²) in [6.07, 6.45) is 0.488. The van der Waals surface area contributed by atoms with Crippen molar-refractivity contribution < 1.29 is 44.6 Å². The second-order valence-electron chi connectivity index (χ2n) is 10.6. The van der Waals surface area contributed by atoms with E-state index in [1.54, 1.807) is 0 Å². The molecule has 4 aromatic rings. The molecular weight excluding hydrogens is 683 g/mol. The Morgan fingerprint density at radius 2 is 1.69 bits per heavy atom. The van der Waals surface area contributed by atoms with E-state index in [9.17, 15) is 35.2 Å². The van der Waals surface area contributed by atoms with Gasteiger partial charge in [-0.15, -0.1) is 0 Å². The van der Waals surface area contributed by atoms with Gasteiger partial charge in [-0.05, 0) is 31.7 Å². The summed E-state index contributed by atoms with van der Waals surface area (Å²) in [5.41, 5.74) is -1.23. The Bertz CT molecular complexity index is 1880. The third kappa shape index (κ3) is 8.65. The molecule has 1 aliphatic rings. The summed E-state index contributed by atoms with van der Waals surface area (Å²) in [5, 5.41) is 8.10. The van der Waals surface area contributed by atoms with Crippen molar-refractivity contribution in [1.82, 2.24) is 34.9 Å². The molecule has 1 amide bonds. The van der Waals surface area contributed by atoms with Crippen LogP contribution in [0.15, 0.2) is 54.3 Å². The number of carbonyl (C=O) groups is 1. The topological polar surface area (TPSA) is 201 Å². The molecule has 1 saturated carbocycles. The van der Waals surface area contributed by atoms with Gasteiger partial charge in [-0.1, -0.05) is 0 Å². The van der Waals surface area contributed by atoms with E-state index in [-0.39, 0.29) is 29.4 Å². The lowest BCUT2D eigenvalue weighted by Crippen LogP contribution is -2.45. The van der Waals surface area contributed by atoms with Crippen molar-refractivity contribution in [3.63, 3.8) is 0 Å². The number of methoxy groups -OCH3 is 1. The zero-order valence-corrected chi connectivity index (χ0v) is 26.2. The van der Waals surface area contributed by atoms with Crippen molar-refractivity contribution in [2.24, 2.45) is 5.14 Å². The van der Waals surface area contributed by atoms with Crippen LogP contribution in [0.2, 0.25) is 0 Å². The summed E-state index contributed by atoms with van der Waals surface area (Å²) >= 11 is 0. The Labute approximate surface area is 275 Å². The average Bonchev–Trinajstić information content (AvgIpc) is 3.08. The minimum Gasteiger partial charge on any atom is -0.467 e. The molecule has 0 radical (unpaired) electrons. The molecule has 0 aromatic carbocycles. The number of nitrogens with two attached hydrogens (primary N) is 1. The van der Waals surface area contributed by atoms with Gasteiger partial charge >= 0.3 is 18.3 Å². The molecule has 15 nitrogen and oxygen atoms in total. The van der Waals surface area contributed by atoms with Crippen LogP contribution in [0.1, 0.15) is 31.2 Å². The maximum Gasteiger partial charge on any atom is 0.419 e. The summed E-state index contributed by atoms with van der Waals surface area (Å²) in [6, 6.07) is 0.126. The minimum atomic E-state index is -4.88. The largest absolute Gasteiger partial charge is 0.467 e. The lowest BCUT2D eigenvalue weighted by molar-refractivity contribution is -0.137. The van der Waals surface area contributed by atoms with E-state index in [0.29, 0.717) is 43.1 Å². The van der Waals surface area contributed by atoms with Gasteiger partial charge in [-0.2, -0.15) is 13.2 Å². The van der Waals surface area contributed by atoms with E-state index in [4.69, 9.17) is 14.6 Å². The number of rotatable bonds is 10. The van der Waals surface area contributed by atoms with Gasteiger partial charge in [0.1, 0.15) is 10.5 Å². The van der Waals surface area contributed by atoms with Crippen LogP contribution >= 0.6 is 0 Å². The van der Waals surface area contributed by atoms with E-state index in [1.807, 2.05) is 0 Å². The van der Waals surface area contributed by atoms with Gasteiger partial charge in [0.25, 0.3) is 6.43 Å². The summed E-state index contributed by atoms with van der Waals surface area (Å²) in [6.45, 7) is -1.13. The number of nitrogens with one attached hydrogen (secondary N) is 1. The van der Waals surface area contributed by atoms with Crippen molar-refractivity contribution in [3.8, 4) is 28.5 Å². The van der Waals surface area contributed by atoms with E-state index in [0.717, 1.165) is 23.4 Å². The molecule has 0 atom stereocenters. The number of pyridine rings is 1. The highest BCUT2D eigenvalue weighted by Crippen LogP contribution is 2.37. The fourth-order valence-electron chi connectivity index (χ4n) is 5.03. The maximum absolute atomic E-state index is 13.9. The smallest absolute Gasteiger partial charge is 0.419 e. The molecule has 5 rings (SSSR count). The molecule has 1 aliphatic carbocycles. The molecule has 0 unspecified atom stereocenters. The quantitative estimate of drug-likeness (QED) is 0.223. The van der Waals surface area contributed by atoms with Gasteiger partial charge in [0.05, 0.1) is 30.9 Å². The normalized spacial score (nSPS) is 16.7. The fourth-order valence-corrected chi connectivity index (χ4v) is 5.52. The second-order valence-corrected chi connectivity index (χ2v) is 12.2. The van der Waals surface area contributed by atoms with E-state index in [2.05, 4.69) is 40.2 Å². The number of ether oxygens (including phenoxy) is 2. The third-order valence-corrected chi connectivity index (χ3v) is 8.21. The van der Waals surface area contributed by atoms with Gasteiger partial charge in [-0.3, -0.25) is 14.9 Å². The van der Waals surface area contributed by atoms with Crippen LogP contribution in [0, 0.1) is 0 Å². The number of aromatic nitrogens is 7. The van der Waals surface area contributed by atoms with Gasteiger partial charge in [0, 0.05) is 54.2 Å². The minimum absolute atomic E-state index is 0.0416. The number of amides is 1. The average molecular weight is 711 g/mol. The number of hydrogen-bond donors (Lipinski definition) is 2. The first-order valence-electron chi connectivity index (χ1n) is 14.3. The highest BCUT2D eigenvalue weighted by molar-refractivity contribution is 7.89. The van der Waals surface area contributed by atoms with Crippen molar-refractivity contribution in [3.05, 3.63) is 55.0 Å². The third-order valence-electron chi connectivity index (χ3n) is 7.33. The van der Waals surface area contributed by atoms with Gasteiger partial charge in [0.15, 0.2) is 12.4 Å². The molecule has 3 N–H and O–H groups in total. The molecular formula is C28H27F5N10O5S. The van der Waals surface area contributed by atoms with E-state index >= 15 is 0 Å². The highest BCUT2D eigenvalue weighted by Gasteiger charge is 2.37. The molecule has 0 spiro atoms. The molecule has 1 fully saturated rings. The Morgan fingerprint density at radius 1 is 0.980 bits per heavy atom. The SMILES string of the molecule is COc1ncc(-c2cnc(N(C(=O)OCC(F)F)C3CCC(Nc4ncc(C(F)(F)F)c(-c5cncc(S(N)(=O)=O)c5)n4)CC3)cn2)cn1. The van der Waals surface area contributed by atoms with E-state index in [1.165, 1.54) is 31.9 Å². The zero-order chi connectivity index (χ0) is 35.3. The van der Waals surface area contributed by atoms with Crippen LogP contribution in [0.4, 0.5) is 38.5 Å². The van der Waals surface area contributed by atoms with Crippen LogP contribution in [-0.2, 0) is 20.9 Å². The first kappa shape index (κ1) is 35.1. The van der Waals surface area contributed by atoms with Crippen LogP contribution in [0.25, 0.3) is 22.5 Å². The Kier molecular flexibility index (Phi) is 10.4. The number of nitrogens with zero attached hydrogens (tertiary/aromatic N) is 8. The molecule has 49 heavy (non-hydrogen) atoms. The number of anilines is 2. The number of carbonyl (C=O) groups excluding carboxylic acids is 1. The molecule has 260 valence electrons. The van der Waals surface area contributed by atoms with Crippen LogP contribution < -0.4 is 20.1 Å². The monoisotopic (exact) mass is 710 g/mol. The Morgan fingerprint density at radius 3 is 2.29 bits per heavy atom. The number of halogens is 5. The molecule has 4 heterocycles. The van der Waals surface area contributed by atoms with Gasteiger partial charge in [0.2, 0.25) is 16.0 Å². The van der Waals surface area contributed by atoms with Crippen molar-refractivity contribution in [1.29, 1.82) is 0 Å². The highest BCUT2D eigenvalue weighted by atomic mass is 32.2. The summed E-state index contributed by atoms with van der Waals surface area (Å²) in [4.78, 5) is 41.8. The van der Waals surface area contributed by atoms with E-state index < -0.39 is 57.5 Å². The predicted molar refractivity (Wildman–Crippen MR) is 161 cm³/mol. The summed E-state index contributed by atoms with van der Waals surface area (Å²) in [5.74, 6) is -0.135. The lowest BCUT2D eigenvalue weighted by atomic mass is 9.90. The van der Waals surface area contributed by atoms with Gasteiger partial charge in [-0.25, -0.2) is 52.1 Å². The summed E-state index contributed by atoms with van der Waals surface area (Å²) < 4.78 is 101. The Hall–Kier alpha value is -5.18. The van der Waals surface area contributed by atoms with Crippen molar-refractivity contribution in [2.75, 3.05) is 23.9 Å². The lowest BCUT2D eigenvalue weighted by Gasteiger charge is -2.35. The van der Waals surface area contributed by atoms with Crippen molar-refractivity contribution >= 4 is 27.9 Å². The Balaban J connectivity index is 1.33. The predicted octanol–water partition coefficient (Wildman–Crippen LogP) is 4.09. The summed E-state index contributed by atoms with van der Waals surface area (Å²) in [7, 11) is -2.86. The fraction of sp³-hybridized carbons (Fsp3) is 0.357. The first-order chi connectivity index (χ1) is 23.2. The maximum atomic E-state index is 13.9. The molecule has 21 heteroatoms. The number of alkyl halides is 5. The standard InChI is InChI=1S/C28H27F5N10O5S/c1-47-26-39-8-16(9-40-26)21-12-37-23(13-36-21)43(27(44)48-14-22(29)30)18-4-2-17(3-5-18)41-25-38-11-20(28(31,32)33)24(42-25)15-6-19(10-35-7-15)49(34,45)46/h6-13,17-18,22H,2-5,14H2,1H3,(H2,34,45,46)(H,38,41,42). The number of sulfonamides is 1. The first-order valence-corrected chi connectivity index (χ1v) is 15.9. The molecule has 0 bridgehead atoms. The van der Waals surface area contributed by atoms with Gasteiger partial charge < -0.3 is 14.8 Å². The molecule has 0 saturated heterocycles. The number of hydrogen-bond acceptors (Lipinski definition) is 13.